The Bertz CT molecular complexity index is 676. The highest BCUT2D eigenvalue weighted by Gasteiger charge is 2.20. The van der Waals surface area contributed by atoms with E-state index in [4.69, 9.17) is 22.1 Å². The van der Waals surface area contributed by atoms with Gasteiger partial charge in [0.1, 0.15) is 11.0 Å². The van der Waals surface area contributed by atoms with Crippen LogP contribution in [0.4, 0.5) is 0 Å². The number of aryl methyl sites for hydroxylation is 1. The van der Waals surface area contributed by atoms with Crippen molar-refractivity contribution in [2.24, 2.45) is 5.73 Å². The zero-order chi connectivity index (χ0) is 17.0. The number of carbonyl (C=O) groups excluding carboxylic acids is 1. The van der Waals surface area contributed by atoms with Crippen LogP contribution in [0.15, 0.2) is 24.3 Å². The van der Waals surface area contributed by atoms with Crippen LogP contribution in [0.1, 0.15) is 22.9 Å². The molecule has 2 atom stereocenters. The number of benzene rings is 1. The van der Waals surface area contributed by atoms with Crippen molar-refractivity contribution in [2.75, 3.05) is 13.7 Å². The van der Waals surface area contributed by atoms with Crippen molar-refractivity contribution >= 4 is 41.3 Å². The number of hydrogen-bond acceptors (Lipinski definition) is 5. The second-order valence-electron chi connectivity index (χ2n) is 5.26. The van der Waals surface area contributed by atoms with E-state index in [1.165, 1.54) is 7.11 Å². The summed E-state index contributed by atoms with van der Waals surface area (Å²) in [5.74, 6) is -0.250. The number of methoxy groups -OCH3 is 1. The zero-order valence-corrected chi connectivity index (χ0v) is 16.1. The number of carbonyl (C=O) groups is 1. The van der Waals surface area contributed by atoms with Crippen molar-refractivity contribution in [3.05, 3.63) is 39.2 Å². The van der Waals surface area contributed by atoms with Gasteiger partial charge < -0.3 is 15.8 Å². The molecule has 0 saturated heterocycles. The maximum atomic E-state index is 12.0. The van der Waals surface area contributed by atoms with Crippen molar-refractivity contribution in [3.63, 3.8) is 0 Å². The summed E-state index contributed by atoms with van der Waals surface area (Å²) in [4.78, 5) is 17.7. The van der Waals surface area contributed by atoms with E-state index >= 15 is 0 Å². The third-order valence-electron chi connectivity index (χ3n) is 3.34. The Morgan fingerprint density at radius 1 is 1.42 bits per heavy atom. The Morgan fingerprint density at radius 3 is 2.62 bits per heavy atom. The molecule has 1 amide bonds. The van der Waals surface area contributed by atoms with Gasteiger partial charge in [-0.3, -0.25) is 4.79 Å². The molecule has 5 nitrogen and oxygen atoms in total. The van der Waals surface area contributed by atoms with Crippen molar-refractivity contribution in [3.8, 4) is 11.3 Å². The van der Waals surface area contributed by atoms with Gasteiger partial charge in [0.25, 0.3) is 0 Å². The Morgan fingerprint density at radius 2 is 2.04 bits per heavy atom. The molecule has 24 heavy (non-hydrogen) atoms. The third-order valence-corrected chi connectivity index (χ3v) is 4.75. The van der Waals surface area contributed by atoms with E-state index in [1.807, 2.05) is 38.1 Å². The Hall–Kier alpha value is -1.18. The minimum atomic E-state index is -0.681. The number of thiazole rings is 1. The fraction of sp³-hybridized carbons (Fsp3) is 0.375. The second kappa shape index (κ2) is 9.34. The molecule has 0 radical (unpaired) electrons. The summed E-state index contributed by atoms with van der Waals surface area (Å²) in [5.41, 5.74) is 7.64. The number of ether oxygens (including phenoxy) is 1. The first-order chi connectivity index (χ1) is 10.9. The van der Waals surface area contributed by atoms with Gasteiger partial charge in [-0.25, -0.2) is 4.98 Å². The van der Waals surface area contributed by atoms with Gasteiger partial charge in [0, 0.05) is 22.6 Å². The van der Waals surface area contributed by atoms with Gasteiger partial charge in [0.2, 0.25) is 5.91 Å². The van der Waals surface area contributed by atoms with E-state index in [0.717, 1.165) is 21.1 Å². The van der Waals surface area contributed by atoms with Crippen LogP contribution >= 0.6 is 35.3 Å². The molecular weight excluding hydrogens is 369 g/mol. The van der Waals surface area contributed by atoms with Crippen molar-refractivity contribution < 1.29 is 9.53 Å². The Kier molecular flexibility index (Phi) is 8.12. The van der Waals surface area contributed by atoms with Crippen molar-refractivity contribution in [1.29, 1.82) is 0 Å². The fourth-order valence-corrected chi connectivity index (χ4v) is 3.19. The van der Waals surface area contributed by atoms with E-state index < -0.39 is 6.04 Å². The quantitative estimate of drug-likeness (QED) is 0.793. The minimum absolute atomic E-state index is 0. The van der Waals surface area contributed by atoms with Gasteiger partial charge in [-0.2, -0.15) is 0 Å². The lowest BCUT2D eigenvalue weighted by molar-refractivity contribution is -0.124. The molecular formula is C16H21Cl2N3O2S. The van der Waals surface area contributed by atoms with Gasteiger partial charge in [0.05, 0.1) is 18.3 Å². The van der Waals surface area contributed by atoms with E-state index in [0.29, 0.717) is 5.02 Å². The van der Waals surface area contributed by atoms with Gasteiger partial charge in [-0.05, 0) is 26.0 Å². The number of rotatable bonds is 6. The Labute approximate surface area is 157 Å². The summed E-state index contributed by atoms with van der Waals surface area (Å²) >= 11 is 7.48. The number of amides is 1. The molecule has 2 rings (SSSR count). The molecule has 0 bridgehead atoms. The number of nitrogens with two attached hydrogens (primary N) is 1. The normalized spacial score (nSPS) is 13.0. The molecule has 0 aliphatic carbocycles. The van der Waals surface area contributed by atoms with Crippen LogP contribution in [0.2, 0.25) is 5.02 Å². The molecule has 2 aromatic rings. The number of nitrogens with one attached hydrogen (secondary N) is 1. The minimum Gasteiger partial charge on any atom is -0.383 e. The molecule has 0 spiro atoms. The summed E-state index contributed by atoms with van der Waals surface area (Å²) in [6, 6.07) is 6.65. The van der Waals surface area contributed by atoms with Gasteiger partial charge >= 0.3 is 0 Å². The number of nitrogens with zero attached hydrogens (tertiary/aromatic N) is 1. The van der Waals surface area contributed by atoms with E-state index in [1.54, 1.807) is 11.3 Å². The van der Waals surface area contributed by atoms with Crippen LogP contribution in [0.5, 0.6) is 0 Å². The predicted molar refractivity (Wildman–Crippen MR) is 101 cm³/mol. The molecule has 1 aromatic carbocycles. The summed E-state index contributed by atoms with van der Waals surface area (Å²) in [5, 5.41) is 4.39. The highest BCUT2D eigenvalue weighted by molar-refractivity contribution is 7.12. The molecule has 3 N–H and O–H groups in total. The zero-order valence-electron chi connectivity index (χ0n) is 13.7. The SMILES string of the molecule is COCC(N)C(=O)NC(C)c1nc(-c2ccc(Cl)cc2)c(C)s1.Cl. The monoisotopic (exact) mass is 389 g/mol. The average Bonchev–Trinajstić information content (AvgIpc) is 2.90. The molecule has 0 aliphatic heterocycles. The van der Waals surface area contributed by atoms with Gasteiger partial charge in [0.15, 0.2) is 0 Å². The summed E-state index contributed by atoms with van der Waals surface area (Å²) in [6.07, 6.45) is 0. The van der Waals surface area contributed by atoms with Gasteiger partial charge in [-0.1, -0.05) is 23.7 Å². The van der Waals surface area contributed by atoms with Crippen LogP contribution in [0.3, 0.4) is 0 Å². The Balaban J connectivity index is 0.00000288. The fourth-order valence-electron chi connectivity index (χ4n) is 2.12. The standard InChI is InChI=1S/C16H20ClN3O2S.ClH/c1-9(19-15(21)13(18)8-22-3)16-20-14(10(2)23-16)11-4-6-12(17)7-5-11;/h4-7,9,13H,8,18H2,1-3H3,(H,19,21);1H. The number of halogens is 2. The molecule has 132 valence electrons. The summed E-state index contributed by atoms with van der Waals surface area (Å²) < 4.78 is 4.89. The highest BCUT2D eigenvalue weighted by atomic mass is 35.5. The maximum Gasteiger partial charge on any atom is 0.239 e. The summed E-state index contributed by atoms with van der Waals surface area (Å²) in [7, 11) is 1.51. The molecule has 0 aliphatic rings. The first-order valence-electron chi connectivity index (χ1n) is 7.20. The van der Waals surface area contributed by atoms with Crippen LogP contribution in [-0.2, 0) is 9.53 Å². The average molecular weight is 390 g/mol. The predicted octanol–water partition coefficient (Wildman–Crippen LogP) is 3.34. The van der Waals surface area contributed by atoms with Crippen LogP contribution < -0.4 is 11.1 Å². The van der Waals surface area contributed by atoms with Crippen molar-refractivity contribution in [2.45, 2.75) is 25.9 Å². The lowest BCUT2D eigenvalue weighted by atomic mass is 10.1. The summed E-state index contributed by atoms with van der Waals surface area (Å²) in [6.45, 7) is 4.09. The van der Waals surface area contributed by atoms with Crippen molar-refractivity contribution in [1.82, 2.24) is 10.3 Å². The largest absolute Gasteiger partial charge is 0.383 e. The molecule has 1 heterocycles. The van der Waals surface area contributed by atoms with Gasteiger partial charge in [-0.15, -0.1) is 23.7 Å². The van der Waals surface area contributed by atoms with E-state index in [9.17, 15) is 4.79 Å². The molecule has 1 aromatic heterocycles. The third kappa shape index (κ3) is 5.16. The van der Waals surface area contributed by atoms with Crippen LogP contribution in [0, 0.1) is 6.92 Å². The van der Waals surface area contributed by atoms with E-state index in [-0.39, 0.29) is 31.0 Å². The maximum absolute atomic E-state index is 12.0. The van der Waals surface area contributed by atoms with Crippen LogP contribution in [-0.4, -0.2) is 30.6 Å². The molecule has 8 heteroatoms. The topological polar surface area (TPSA) is 77.2 Å². The first-order valence-corrected chi connectivity index (χ1v) is 8.40. The smallest absolute Gasteiger partial charge is 0.239 e. The number of hydrogen-bond donors (Lipinski definition) is 2. The van der Waals surface area contributed by atoms with E-state index in [2.05, 4.69) is 10.3 Å². The van der Waals surface area contributed by atoms with Crippen LogP contribution in [0.25, 0.3) is 11.3 Å². The second-order valence-corrected chi connectivity index (χ2v) is 6.93. The molecule has 0 fully saturated rings. The lowest BCUT2D eigenvalue weighted by Gasteiger charge is -2.15. The highest BCUT2D eigenvalue weighted by Crippen LogP contribution is 2.31. The molecule has 2 unspecified atom stereocenters. The first kappa shape index (κ1) is 20.9. The number of aromatic nitrogens is 1. The lowest BCUT2D eigenvalue weighted by Crippen LogP contribution is -2.44. The molecule has 0 saturated carbocycles.